The Bertz CT molecular complexity index is 495. The zero-order valence-corrected chi connectivity index (χ0v) is 14.3. The number of nitrogens with zero attached hydrogens (tertiary/aromatic N) is 2. The van der Waals surface area contributed by atoms with Gasteiger partial charge in [0.05, 0.1) is 17.2 Å². The molecule has 0 radical (unpaired) electrons. The summed E-state index contributed by atoms with van der Waals surface area (Å²) >= 11 is 0. The van der Waals surface area contributed by atoms with Crippen LogP contribution in [-0.4, -0.2) is 59.8 Å². The van der Waals surface area contributed by atoms with Crippen LogP contribution in [0, 0.1) is 0 Å². The van der Waals surface area contributed by atoms with Crippen molar-refractivity contribution in [2.75, 3.05) is 13.1 Å². The van der Waals surface area contributed by atoms with Gasteiger partial charge in [0, 0.05) is 24.8 Å². The second-order valence-electron chi connectivity index (χ2n) is 7.03. The fraction of sp³-hybridized carbons (Fsp3) is 0.733. The Morgan fingerprint density at radius 2 is 1.78 bits per heavy atom. The Morgan fingerprint density at radius 3 is 2.22 bits per heavy atom. The van der Waals surface area contributed by atoms with Crippen LogP contribution < -0.4 is 5.73 Å². The van der Waals surface area contributed by atoms with Crippen molar-refractivity contribution < 1.29 is 19.2 Å². The summed E-state index contributed by atoms with van der Waals surface area (Å²) < 4.78 is 11.9. The number of piperidine rings is 1. The molecule has 128 valence electrons. The van der Waals surface area contributed by atoms with E-state index in [1.807, 2.05) is 27.7 Å². The number of carboxylic acid groups (broad SMARTS) is 1. The van der Waals surface area contributed by atoms with Crippen molar-refractivity contribution in [3.8, 4) is 0 Å². The summed E-state index contributed by atoms with van der Waals surface area (Å²) in [6.45, 7) is 8.96. The van der Waals surface area contributed by atoms with Gasteiger partial charge in [-0.2, -0.15) is 0 Å². The number of aliphatic imine (C=N–C) groups is 1. The molecule has 0 aromatic rings. The summed E-state index contributed by atoms with van der Waals surface area (Å²) in [6, 6.07) is 0.1000. The monoisotopic (exact) mass is 323 g/mol. The van der Waals surface area contributed by atoms with E-state index in [0.29, 0.717) is 31.4 Å². The molecule has 2 fully saturated rings. The first kappa shape index (κ1) is 17.8. The van der Waals surface area contributed by atoms with Crippen molar-refractivity contribution in [1.82, 2.24) is 4.90 Å². The van der Waals surface area contributed by atoms with Gasteiger partial charge in [-0.3, -0.25) is 4.99 Å². The Hall–Kier alpha value is -1.54. The molecule has 0 unspecified atom stereocenters. The van der Waals surface area contributed by atoms with Crippen molar-refractivity contribution >= 4 is 19.4 Å². The highest BCUT2D eigenvalue weighted by molar-refractivity contribution is 6.60. The predicted octanol–water partition coefficient (Wildman–Crippen LogP) is 1.67. The summed E-state index contributed by atoms with van der Waals surface area (Å²) in [5.41, 5.74) is 5.54. The van der Waals surface area contributed by atoms with Gasteiger partial charge in [-0.15, -0.1) is 0 Å². The Kier molecular flexibility index (Phi) is 5.06. The third kappa shape index (κ3) is 3.87. The lowest BCUT2D eigenvalue weighted by Crippen LogP contribution is -2.41. The molecule has 0 aromatic heterocycles. The molecule has 0 saturated carbocycles. The lowest BCUT2D eigenvalue weighted by atomic mass is 9.79. The molecule has 2 heterocycles. The minimum Gasteiger partial charge on any atom is -0.465 e. The van der Waals surface area contributed by atoms with Crippen LogP contribution in [0.15, 0.2) is 16.7 Å². The van der Waals surface area contributed by atoms with Crippen LogP contribution in [0.3, 0.4) is 0 Å². The highest BCUT2D eigenvalue weighted by Crippen LogP contribution is 2.38. The number of amides is 1. The minimum atomic E-state index is -0.868. The highest BCUT2D eigenvalue weighted by Gasteiger charge is 2.52. The second kappa shape index (κ2) is 6.53. The second-order valence-corrected chi connectivity index (χ2v) is 7.03. The number of nitrogens with two attached hydrogens (primary N) is 1. The van der Waals surface area contributed by atoms with Crippen LogP contribution in [0.25, 0.3) is 0 Å². The van der Waals surface area contributed by atoms with E-state index in [-0.39, 0.29) is 6.04 Å². The largest absolute Gasteiger partial charge is 0.497 e. The maximum absolute atomic E-state index is 10.9. The third-order valence-corrected chi connectivity index (χ3v) is 4.89. The molecule has 0 aromatic carbocycles. The van der Waals surface area contributed by atoms with Crippen LogP contribution in [0.2, 0.25) is 0 Å². The van der Waals surface area contributed by atoms with Crippen LogP contribution in [0.4, 0.5) is 4.79 Å². The number of rotatable bonds is 3. The Morgan fingerprint density at radius 1 is 1.26 bits per heavy atom. The van der Waals surface area contributed by atoms with Gasteiger partial charge in [-0.1, -0.05) is 0 Å². The quantitative estimate of drug-likeness (QED) is 0.608. The maximum atomic E-state index is 10.9. The number of hydrogen-bond donors (Lipinski definition) is 2. The molecule has 2 saturated heterocycles. The summed E-state index contributed by atoms with van der Waals surface area (Å²) in [7, 11) is -0.534. The van der Waals surface area contributed by atoms with Crippen molar-refractivity contribution in [1.29, 1.82) is 0 Å². The standard InChI is InChI=1S/C15H26BN3O4/c1-14(2)15(3,4)23-16(22-14)11(9-17)10-18-12-5-7-19(8-6-12)13(20)21/h9-10,12H,5-8,17H2,1-4H3,(H,20,21)/b11-9+,18-10?. The average molecular weight is 323 g/mol. The summed E-state index contributed by atoms with van der Waals surface area (Å²) in [6.07, 6.45) is 3.71. The molecule has 3 N–H and O–H groups in total. The van der Waals surface area contributed by atoms with Gasteiger partial charge in [-0.05, 0) is 46.7 Å². The molecular weight excluding hydrogens is 297 g/mol. The van der Waals surface area contributed by atoms with Crippen LogP contribution in [0.5, 0.6) is 0 Å². The number of allylic oxidation sites excluding steroid dienone is 1. The van der Waals surface area contributed by atoms with E-state index in [9.17, 15) is 4.79 Å². The number of hydrogen-bond acceptors (Lipinski definition) is 5. The van der Waals surface area contributed by atoms with Gasteiger partial charge in [-0.25, -0.2) is 4.79 Å². The van der Waals surface area contributed by atoms with E-state index in [4.69, 9.17) is 20.1 Å². The van der Waals surface area contributed by atoms with E-state index in [2.05, 4.69) is 4.99 Å². The summed E-state index contributed by atoms with van der Waals surface area (Å²) in [5.74, 6) is 0. The van der Waals surface area contributed by atoms with Crippen molar-refractivity contribution in [2.45, 2.75) is 57.8 Å². The maximum Gasteiger partial charge on any atom is 0.497 e. The van der Waals surface area contributed by atoms with E-state index in [1.54, 1.807) is 6.21 Å². The average Bonchev–Trinajstić information content (AvgIpc) is 2.68. The highest BCUT2D eigenvalue weighted by atomic mass is 16.7. The molecule has 7 nitrogen and oxygen atoms in total. The Balaban J connectivity index is 1.95. The van der Waals surface area contributed by atoms with Gasteiger partial charge >= 0.3 is 13.2 Å². The van der Waals surface area contributed by atoms with E-state index >= 15 is 0 Å². The lowest BCUT2D eigenvalue weighted by Gasteiger charge is -2.32. The summed E-state index contributed by atoms with van der Waals surface area (Å²) in [5, 5.41) is 8.95. The van der Waals surface area contributed by atoms with Crippen LogP contribution in [0.1, 0.15) is 40.5 Å². The van der Waals surface area contributed by atoms with E-state index in [1.165, 1.54) is 11.1 Å². The molecule has 0 bridgehead atoms. The van der Waals surface area contributed by atoms with Crippen LogP contribution >= 0.6 is 0 Å². The normalized spacial score (nSPS) is 25.3. The predicted molar refractivity (Wildman–Crippen MR) is 89.5 cm³/mol. The van der Waals surface area contributed by atoms with E-state index in [0.717, 1.165) is 0 Å². The zero-order chi connectivity index (χ0) is 17.3. The third-order valence-electron chi connectivity index (χ3n) is 4.89. The molecule has 1 amide bonds. The first-order chi connectivity index (χ1) is 10.7. The SMILES string of the molecule is CC1(C)OB(/C(C=NC2CCN(C(=O)O)CC2)=C/N)OC1(C)C. The summed E-state index contributed by atoms with van der Waals surface area (Å²) in [4.78, 5) is 16.8. The topological polar surface area (TPSA) is 97.4 Å². The van der Waals surface area contributed by atoms with Gasteiger partial charge in [0.1, 0.15) is 0 Å². The van der Waals surface area contributed by atoms with Gasteiger partial charge in [0.15, 0.2) is 0 Å². The fourth-order valence-electron chi connectivity index (χ4n) is 2.56. The lowest BCUT2D eigenvalue weighted by molar-refractivity contribution is 0.00578. The molecule has 2 rings (SSSR count). The Labute approximate surface area is 137 Å². The fourth-order valence-corrected chi connectivity index (χ4v) is 2.56. The van der Waals surface area contributed by atoms with Gasteiger partial charge in [0.2, 0.25) is 0 Å². The van der Waals surface area contributed by atoms with Crippen molar-refractivity contribution in [2.24, 2.45) is 10.7 Å². The molecule has 2 aliphatic rings. The smallest absolute Gasteiger partial charge is 0.465 e. The zero-order valence-electron chi connectivity index (χ0n) is 14.3. The van der Waals surface area contributed by atoms with Gasteiger partial charge in [0.25, 0.3) is 0 Å². The van der Waals surface area contributed by atoms with E-state index < -0.39 is 24.4 Å². The van der Waals surface area contributed by atoms with Crippen molar-refractivity contribution in [3.63, 3.8) is 0 Å². The molecule has 2 aliphatic heterocycles. The molecule has 0 spiro atoms. The molecule has 8 heteroatoms. The molecule has 0 atom stereocenters. The number of carbonyl (C=O) groups is 1. The van der Waals surface area contributed by atoms with Crippen LogP contribution in [-0.2, 0) is 9.31 Å². The van der Waals surface area contributed by atoms with Crippen molar-refractivity contribution in [3.05, 3.63) is 11.7 Å². The molecular formula is C15H26BN3O4. The first-order valence-corrected chi connectivity index (χ1v) is 7.95. The first-order valence-electron chi connectivity index (χ1n) is 7.95. The molecule has 0 aliphatic carbocycles. The number of likely N-dealkylation sites (tertiary alicyclic amines) is 1. The molecule has 23 heavy (non-hydrogen) atoms. The minimum absolute atomic E-state index is 0.1000. The van der Waals surface area contributed by atoms with Gasteiger partial charge < -0.3 is 25.0 Å².